The Morgan fingerprint density at radius 1 is 1.35 bits per heavy atom. The molecule has 6 nitrogen and oxygen atoms in total. The maximum Gasteiger partial charge on any atom is 0.416 e. The Hall–Kier alpha value is -2.71. The zero-order valence-corrected chi connectivity index (χ0v) is 14.2. The number of anilines is 1. The van der Waals surface area contributed by atoms with Crippen LogP contribution in [0.1, 0.15) is 25.3 Å². The third-order valence-electron chi connectivity index (χ3n) is 3.83. The van der Waals surface area contributed by atoms with E-state index >= 15 is 0 Å². The fourth-order valence-electron chi connectivity index (χ4n) is 2.58. The molecule has 1 saturated heterocycles. The minimum absolute atomic E-state index is 0.0689. The summed E-state index contributed by atoms with van der Waals surface area (Å²) >= 11 is 0. The van der Waals surface area contributed by atoms with Crippen molar-refractivity contribution in [3.05, 3.63) is 41.3 Å². The van der Waals surface area contributed by atoms with Crippen molar-refractivity contribution in [3.8, 4) is 0 Å². The van der Waals surface area contributed by atoms with Crippen LogP contribution >= 0.6 is 0 Å². The molecule has 3 N–H and O–H groups in total. The Morgan fingerprint density at radius 3 is 2.58 bits per heavy atom. The summed E-state index contributed by atoms with van der Waals surface area (Å²) in [4.78, 5) is 14.1. The van der Waals surface area contributed by atoms with E-state index < -0.39 is 29.2 Å². The van der Waals surface area contributed by atoms with Gasteiger partial charge in [0, 0.05) is 18.8 Å². The Morgan fingerprint density at radius 2 is 2.00 bits per heavy atom. The summed E-state index contributed by atoms with van der Waals surface area (Å²) in [6.45, 7) is 2.77. The Bertz CT molecular complexity index is 711. The van der Waals surface area contributed by atoms with Gasteiger partial charge in [-0.05, 0) is 38.0 Å². The van der Waals surface area contributed by atoms with Gasteiger partial charge in [0.2, 0.25) is 0 Å². The largest absolute Gasteiger partial charge is 0.480 e. The molecule has 0 unspecified atom stereocenters. The van der Waals surface area contributed by atoms with Crippen molar-refractivity contribution in [2.45, 2.75) is 25.9 Å². The third kappa shape index (κ3) is 4.68. The summed E-state index contributed by atoms with van der Waals surface area (Å²) in [5.41, 5.74) is -1.42. The van der Waals surface area contributed by atoms with Crippen molar-refractivity contribution in [1.29, 1.82) is 5.41 Å². The number of likely N-dealkylation sites (tertiary alicyclic amines) is 1. The smallest absolute Gasteiger partial charge is 0.416 e. The predicted molar refractivity (Wildman–Crippen MR) is 89.9 cm³/mol. The van der Waals surface area contributed by atoms with Crippen LogP contribution < -0.4 is 5.32 Å². The molecule has 0 bridgehead atoms. The fraction of sp³-hybridized carbons (Fsp3) is 0.412. The van der Waals surface area contributed by atoms with E-state index in [0.717, 1.165) is 31.0 Å². The zero-order valence-electron chi connectivity index (χ0n) is 14.2. The van der Waals surface area contributed by atoms with Gasteiger partial charge in [-0.25, -0.2) is 0 Å². The number of aliphatic hydroxyl groups is 1. The van der Waals surface area contributed by atoms with Crippen LogP contribution in [0.4, 0.5) is 18.9 Å². The highest BCUT2D eigenvalue weighted by molar-refractivity contribution is 6.23. The lowest BCUT2D eigenvalue weighted by atomic mass is 10.1. The van der Waals surface area contributed by atoms with Gasteiger partial charge in [-0.15, -0.1) is 0 Å². The van der Waals surface area contributed by atoms with Gasteiger partial charge in [0.25, 0.3) is 11.9 Å². The summed E-state index contributed by atoms with van der Waals surface area (Å²) in [6, 6.07) is 4.13. The van der Waals surface area contributed by atoms with Crippen LogP contribution in [0.5, 0.6) is 0 Å². The molecule has 1 aromatic rings. The second-order valence-electron chi connectivity index (χ2n) is 5.69. The maximum atomic E-state index is 12.8. The van der Waals surface area contributed by atoms with Crippen LogP contribution in [0.25, 0.3) is 0 Å². The standard InChI is InChI=1S/C17H20F3N3O3/c1-2-26-16(25)13(14(21)23-8-3-4-9-23)15(24)22-12-7-5-6-11(10-12)17(18,19)20/h5-7,10,21,25H,2-4,8-9H2,1H3,(H,22,24)/b16-13-,21-14?. The first-order chi connectivity index (χ1) is 12.2. The van der Waals surface area contributed by atoms with E-state index in [0.29, 0.717) is 13.1 Å². The first-order valence-electron chi connectivity index (χ1n) is 8.12. The number of amidine groups is 1. The summed E-state index contributed by atoms with van der Waals surface area (Å²) < 4.78 is 43.4. The molecular weight excluding hydrogens is 351 g/mol. The van der Waals surface area contributed by atoms with Gasteiger partial charge in [0.1, 0.15) is 5.84 Å². The van der Waals surface area contributed by atoms with Crippen LogP contribution in [0, 0.1) is 5.41 Å². The molecule has 1 aliphatic rings. The van der Waals surface area contributed by atoms with E-state index in [9.17, 15) is 23.1 Å². The number of benzene rings is 1. The maximum absolute atomic E-state index is 12.8. The van der Waals surface area contributed by atoms with Crippen LogP contribution in [0.3, 0.4) is 0 Å². The minimum Gasteiger partial charge on any atom is -0.480 e. The number of nitrogens with zero attached hydrogens (tertiary/aromatic N) is 1. The van der Waals surface area contributed by atoms with Crippen LogP contribution in [-0.4, -0.2) is 41.4 Å². The molecular formula is C17H20F3N3O3. The van der Waals surface area contributed by atoms with Crippen LogP contribution in [-0.2, 0) is 15.7 Å². The monoisotopic (exact) mass is 371 g/mol. The number of ether oxygens (including phenoxy) is 1. The third-order valence-corrected chi connectivity index (χ3v) is 3.83. The number of aliphatic hydroxyl groups excluding tert-OH is 1. The number of nitrogens with one attached hydrogen (secondary N) is 2. The SMILES string of the molecule is CCO/C(O)=C(/C(=N)N1CCCC1)C(=O)Nc1cccc(C(F)(F)F)c1. The Labute approximate surface area is 148 Å². The summed E-state index contributed by atoms with van der Waals surface area (Å²) in [5.74, 6) is -1.86. The van der Waals surface area contributed by atoms with Gasteiger partial charge in [-0.2, -0.15) is 13.2 Å². The molecule has 0 aliphatic carbocycles. The Kier molecular flexibility index (Phi) is 6.12. The van der Waals surface area contributed by atoms with Crippen molar-refractivity contribution in [2.24, 2.45) is 0 Å². The normalized spacial score (nSPS) is 15.5. The van der Waals surface area contributed by atoms with Gasteiger partial charge < -0.3 is 20.1 Å². The van der Waals surface area contributed by atoms with E-state index in [-0.39, 0.29) is 18.1 Å². The van der Waals surface area contributed by atoms with Gasteiger partial charge >= 0.3 is 6.18 Å². The highest BCUT2D eigenvalue weighted by Crippen LogP contribution is 2.30. The molecule has 1 aromatic carbocycles. The van der Waals surface area contributed by atoms with Crippen LogP contribution in [0.15, 0.2) is 35.8 Å². The zero-order chi connectivity index (χ0) is 19.3. The molecule has 1 aliphatic heterocycles. The summed E-state index contributed by atoms with van der Waals surface area (Å²) in [5, 5.41) is 20.5. The number of halogens is 3. The van der Waals surface area contributed by atoms with Crippen molar-refractivity contribution in [1.82, 2.24) is 4.90 Å². The second-order valence-corrected chi connectivity index (χ2v) is 5.69. The summed E-state index contributed by atoms with van der Waals surface area (Å²) in [6.07, 6.45) is -2.85. The van der Waals surface area contributed by atoms with Gasteiger partial charge in [0.15, 0.2) is 5.57 Å². The number of amides is 1. The molecule has 1 heterocycles. The molecule has 142 valence electrons. The number of carbonyl (C=O) groups is 1. The number of carbonyl (C=O) groups excluding carboxylic acids is 1. The highest BCUT2D eigenvalue weighted by Gasteiger charge is 2.31. The average molecular weight is 371 g/mol. The second kappa shape index (κ2) is 8.11. The molecule has 0 radical (unpaired) electrons. The van der Waals surface area contributed by atoms with Crippen molar-refractivity contribution in [2.75, 3.05) is 25.0 Å². The van der Waals surface area contributed by atoms with Crippen molar-refractivity contribution in [3.63, 3.8) is 0 Å². The molecule has 0 saturated carbocycles. The lowest BCUT2D eigenvalue weighted by molar-refractivity contribution is -0.137. The molecule has 1 fully saturated rings. The molecule has 0 spiro atoms. The van der Waals surface area contributed by atoms with Gasteiger partial charge in [-0.3, -0.25) is 10.2 Å². The lowest BCUT2D eigenvalue weighted by Gasteiger charge is -2.21. The molecule has 2 rings (SSSR count). The molecule has 9 heteroatoms. The predicted octanol–water partition coefficient (Wildman–Crippen LogP) is 3.52. The Balaban J connectivity index is 2.27. The quantitative estimate of drug-likeness (QED) is 0.320. The number of hydrogen-bond acceptors (Lipinski definition) is 4. The van der Waals surface area contributed by atoms with E-state index in [1.165, 1.54) is 6.07 Å². The lowest BCUT2D eigenvalue weighted by Crippen LogP contribution is -2.34. The number of hydrogen-bond donors (Lipinski definition) is 3. The molecule has 0 aromatic heterocycles. The first-order valence-corrected chi connectivity index (χ1v) is 8.12. The average Bonchev–Trinajstić information content (AvgIpc) is 3.09. The number of alkyl halides is 3. The topological polar surface area (TPSA) is 85.7 Å². The highest BCUT2D eigenvalue weighted by atomic mass is 19.4. The van der Waals surface area contributed by atoms with E-state index in [1.807, 2.05) is 0 Å². The molecule has 26 heavy (non-hydrogen) atoms. The van der Waals surface area contributed by atoms with E-state index in [4.69, 9.17) is 10.1 Å². The van der Waals surface area contributed by atoms with Gasteiger partial charge in [0.05, 0.1) is 12.2 Å². The molecule has 1 amide bonds. The van der Waals surface area contributed by atoms with Crippen molar-refractivity contribution < 1.29 is 27.8 Å². The van der Waals surface area contributed by atoms with E-state index in [2.05, 4.69) is 5.32 Å². The van der Waals surface area contributed by atoms with E-state index in [1.54, 1.807) is 11.8 Å². The van der Waals surface area contributed by atoms with Crippen LogP contribution in [0.2, 0.25) is 0 Å². The summed E-state index contributed by atoms with van der Waals surface area (Å²) in [7, 11) is 0. The fourth-order valence-corrected chi connectivity index (χ4v) is 2.58. The molecule has 0 atom stereocenters. The van der Waals surface area contributed by atoms with Gasteiger partial charge in [-0.1, -0.05) is 6.07 Å². The number of rotatable bonds is 5. The van der Waals surface area contributed by atoms with Crippen molar-refractivity contribution >= 4 is 17.4 Å². The first kappa shape index (κ1) is 19.6. The minimum atomic E-state index is -4.55.